The van der Waals surface area contributed by atoms with Crippen molar-refractivity contribution >= 4 is 22.7 Å². The van der Waals surface area contributed by atoms with Crippen LogP contribution in [0.25, 0.3) is 11.0 Å². The van der Waals surface area contributed by atoms with Gasteiger partial charge in [0.25, 0.3) is 0 Å². The molecule has 1 saturated heterocycles. The third-order valence-corrected chi connectivity index (χ3v) is 4.91. The van der Waals surface area contributed by atoms with Crippen LogP contribution >= 0.6 is 11.8 Å². The zero-order chi connectivity index (χ0) is 12.5. The predicted molar refractivity (Wildman–Crippen MR) is 78.1 cm³/mol. The molecular formula is C15H19NOS. The van der Waals surface area contributed by atoms with E-state index in [2.05, 4.69) is 49.1 Å². The van der Waals surface area contributed by atoms with E-state index in [9.17, 15) is 0 Å². The van der Waals surface area contributed by atoms with Crippen molar-refractivity contribution < 1.29 is 4.42 Å². The van der Waals surface area contributed by atoms with Crippen LogP contribution < -0.4 is 5.32 Å². The lowest BCUT2D eigenvalue weighted by Crippen LogP contribution is -2.31. The van der Waals surface area contributed by atoms with Gasteiger partial charge in [0.15, 0.2) is 0 Å². The molecule has 0 aliphatic carbocycles. The molecule has 1 aromatic heterocycles. The number of fused-ring (bicyclic) bond motifs is 1. The number of benzene rings is 1. The number of furan rings is 1. The summed E-state index contributed by atoms with van der Waals surface area (Å²) >= 11 is 2.05. The maximum Gasteiger partial charge on any atom is 0.134 e. The van der Waals surface area contributed by atoms with Crippen LogP contribution in [0.2, 0.25) is 0 Å². The molecule has 1 fully saturated rings. The average Bonchev–Trinajstić information content (AvgIpc) is 2.95. The number of hydrogen-bond acceptors (Lipinski definition) is 3. The maximum atomic E-state index is 5.90. The van der Waals surface area contributed by atoms with Crippen LogP contribution in [0.1, 0.15) is 32.1 Å². The molecule has 3 rings (SSSR count). The Morgan fingerprint density at radius 2 is 2.22 bits per heavy atom. The van der Waals surface area contributed by atoms with Gasteiger partial charge in [-0.25, -0.2) is 0 Å². The lowest BCUT2D eigenvalue weighted by atomic mass is 10.1. The van der Waals surface area contributed by atoms with Gasteiger partial charge in [-0.2, -0.15) is 11.8 Å². The summed E-state index contributed by atoms with van der Waals surface area (Å²) < 4.78 is 5.90. The topological polar surface area (TPSA) is 25.2 Å². The van der Waals surface area contributed by atoms with E-state index in [1.165, 1.54) is 17.6 Å². The van der Waals surface area contributed by atoms with Gasteiger partial charge in [-0.1, -0.05) is 25.1 Å². The number of para-hydroxylation sites is 1. The summed E-state index contributed by atoms with van der Waals surface area (Å²) in [5.41, 5.74) is 0.982. The number of rotatable bonds is 3. The van der Waals surface area contributed by atoms with Crippen LogP contribution in [0.5, 0.6) is 0 Å². The second-order valence-corrected chi connectivity index (χ2v) is 6.62. The second kappa shape index (κ2) is 4.98. The first-order valence-electron chi connectivity index (χ1n) is 6.58. The van der Waals surface area contributed by atoms with Gasteiger partial charge >= 0.3 is 0 Å². The molecule has 1 N–H and O–H groups in total. The lowest BCUT2D eigenvalue weighted by molar-refractivity contribution is 0.409. The van der Waals surface area contributed by atoms with Gasteiger partial charge in [-0.15, -0.1) is 0 Å². The van der Waals surface area contributed by atoms with Crippen molar-refractivity contribution in [2.24, 2.45) is 0 Å². The zero-order valence-electron chi connectivity index (χ0n) is 10.8. The molecule has 3 unspecified atom stereocenters. The Balaban J connectivity index is 1.73. The van der Waals surface area contributed by atoms with Crippen LogP contribution in [0, 0.1) is 0 Å². The van der Waals surface area contributed by atoms with E-state index < -0.39 is 0 Å². The Kier molecular flexibility index (Phi) is 3.35. The molecule has 96 valence electrons. The Morgan fingerprint density at radius 3 is 2.94 bits per heavy atom. The molecule has 3 heteroatoms. The van der Waals surface area contributed by atoms with E-state index in [0.717, 1.165) is 16.6 Å². The van der Waals surface area contributed by atoms with E-state index in [0.29, 0.717) is 6.04 Å². The summed E-state index contributed by atoms with van der Waals surface area (Å²) in [5, 5.41) is 5.64. The van der Waals surface area contributed by atoms with Gasteiger partial charge in [0.1, 0.15) is 11.3 Å². The minimum Gasteiger partial charge on any atom is -0.459 e. The highest BCUT2D eigenvalue weighted by Crippen LogP contribution is 2.29. The summed E-state index contributed by atoms with van der Waals surface area (Å²) in [7, 11) is 0. The van der Waals surface area contributed by atoms with Crippen LogP contribution in [0.3, 0.4) is 0 Å². The molecule has 2 aromatic rings. The number of thioether (sulfide) groups is 1. The van der Waals surface area contributed by atoms with Gasteiger partial charge in [0.05, 0.1) is 6.04 Å². The van der Waals surface area contributed by atoms with Crippen molar-refractivity contribution in [3.8, 4) is 0 Å². The molecule has 1 aliphatic heterocycles. The van der Waals surface area contributed by atoms with E-state index in [1.54, 1.807) is 0 Å². The van der Waals surface area contributed by atoms with Crippen LogP contribution in [-0.4, -0.2) is 17.0 Å². The fourth-order valence-corrected chi connectivity index (χ4v) is 3.75. The summed E-state index contributed by atoms with van der Waals surface area (Å²) in [4.78, 5) is 0. The van der Waals surface area contributed by atoms with Gasteiger partial charge in [-0.3, -0.25) is 0 Å². The summed E-state index contributed by atoms with van der Waals surface area (Å²) in [6, 6.07) is 11.2. The lowest BCUT2D eigenvalue weighted by Gasteiger charge is -2.16. The fraction of sp³-hybridized carbons (Fsp3) is 0.467. The highest BCUT2D eigenvalue weighted by Gasteiger charge is 2.24. The third-order valence-electron chi connectivity index (χ3n) is 3.56. The Labute approximate surface area is 112 Å². The quantitative estimate of drug-likeness (QED) is 0.904. The first-order valence-corrected chi connectivity index (χ1v) is 7.63. The van der Waals surface area contributed by atoms with Crippen molar-refractivity contribution in [1.82, 2.24) is 5.32 Å². The molecule has 0 amide bonds. The first kappa shape index (κ1) is 12.1. The second-order valence-electron chi connectivity index (χ2n) is 5.15. The predicted octanol–water partition coefficient (Wildman–Crippen LogP) is 3.98. The molecule has 18 heavy (non-hydrogen) atoms. The van der Waals surface area contributed by atoms with Crippen molar-refractivity contribution in [2.45, 2.75) is 37.6 Å². The summed E-state index contributed by atoms with van der Waals surface area (Å²) in [6.07, 6.45) is 1.26. The van der Waals surface area contributed by atoms with Gasteiger partial charge in [-0.05, 0) is 25.5 Å². The highest BCUT2D eigenvalue weighted by atomic mass is 32.2. The van der Waals surface area contributed by atoms with Gasteiger partial charge in [0.2, 0.25) is 0 Å². The van der Waals surface area contributed by atoms with Crippen molar-refractivity contribution in [3.63, 3.8) is 0 Å². The monoisotopic (exact) mass is 261 g/mol. The van der Waals surface area contributed by atoms with Crippen molar-refractivity contribution in [3.05, 3.63) is 36.1 Å². The van der Waals surface area contributed by atoms with Crippen LogP contribution in [0.4, 0.5) is 0 Å². The Hall–Kier alpha value is -0.930. The molecule has 0 saturated carbocycles. The molecule has 0 bridgehead atoms. The van der Waals surface area contributed by atoms with Gasteiger partial charge < -0.3 is 9.73 Å². The SMILES string of the molecule is CC1CC(NC(C)c2cc3ccccc3o2)CS1. The van der Waals surface area contributed by atoms with Crippen LogP contribution in [0.15, 0.2) is 34.7 Å². The standard InChI is InChI=1S/C15H19NOS/c1-10-7-13(9-18-10)16-11(2)15-8-12-5-3-4-6-14(12)17-15/h3-6,8,10-11,13,16H,7,9H2,1-2H3. The normalized spacial score (nSPS) is 25.7. The molecule has 1 aliphatic rings. The Bertz CT molecular complexity index is 503. The fourth-order valence-electron chi connectivity index (χ4n) is 2.58. The largest absolute Gasteiger partial charge is 0.459 e. The summed E-state index contributed by atoms with van der Waals surface area (Å²) in [6.45, 7) is 4.49. The van der Waals surface area contributed by atoms with Crippen LogP contribution in [-0.2, 0) is 0 Å². The first-order chi connectivity index (χ1) is 8.72. The Morgan fingerprint density at radius 1 is 1.39 bits per heavy atom. The molecule has 3 atom stereocenters. The van der Waals surface area contributed by atoms with Gasteiger partial charge in [0, 0.05) is 22.4 Å². The summed E-state index contributed by atoms with van der Waals surface area (Å²) in [5.74, 6) is 2.26. The molecule has 0 spiro atoms. The van der Waals surface area contributed by atoms with Crippen molar-refractivity contribution in [1.29, 1.82) is 0 Å². The average molecular weight is 261 g/mol. The molecule has 2 nitrogen and oxygen atoms in total. The molecular weight excluding hydrogens is 242 g/mol. The third kappa shape index (κ3) is 2.43. The molecule has 0 radical (unpaired) electrons. The van der Waals surface area contributed by atoms with E-state index in [-0.39, 0.29) is 6.04 Å². The molecule has 1 aromatic carbocycles. The van der Waals surface area contributed by atoms with E-state index >= 15 is 0 Å². The van der Waals surface area contributed by atoms with E-state index in [4.69, 9.17) is 4.42 Å². The molecule has 2 heterocycles. The maximum absolute atomic E-state index is 5.90. The number of hydrogen-bond donors (Lipinski definition) is 1. The van der Waals surface area contributed by atoms with E-state index in [1.807, 2.05) is 12.1 Å². The zero-order valence-corrected chi connectivity index (χ0v) is 11.7. The van der Waals surface area contributed by atoms with Crippen molar-refractivity contribution in [2.75, 3.05) is 5.75 Å². The number of nitrogens with one attached hydrogen (secondary N) is 1. The smallest absolute Gasteiger partial charge is 0.134 e. The highest BCUT2D eigenvalue weighted by molar-refractivity contribution is 8.00. The minimum atomic E-state index is 0.285. The minimum absolute atomic E-state index is 0.285.